The summed E-state index contributed by atoms with van der Waals surface area (Å²) in [7, 11) is -1.98. The molecule has 1 aliphatic heterocycles. The number of rotatable bonds is 8. The van der Waals surface area contributed by atoms with Gasteiger partial charge in [-0.05, 0) is 50.5 Å². The fourth-order valence-electron chi connectivity index (χ4n) is 4.31. The number of aliphatic hydroxyl groups excluding tert-OH is 1. The number of benzene rings is 2. The molecule has 0 bridgehead atoms. The molecule has 0 spiro atoms. The number of methoxy groups -OCH3 is 1. The third-order valence-electron chi connectivity index (χ3n) is 6.39. The number of carbonyl (C=O) groups is 1. The van der Waals surface area contributed by atoms with Gasteiger partial charge in [-0.15, -0.1) is 0 Å². The number of hydrogen-bond acceptors (Lipinski definition) is 9. The Balaban J connectivity index is 1.62. The second-order valence-corrected chi connectivity index (χ2v) is 11.9. The summed E-state index contributed by atoms with van der Waals surface area (Å²) in [5.41, 5.74) is 3.01. The molecule has 3 N–H and O–H groups in total. The van der Waals surface area contributed by atoms with Gasteiger partial charge in [0.1, 0.15) is 17.4 Å². The zero-order chi connectivity index (χ0) is 27.4. The molecule has 0 saturated carbocycles. The fraction of sp³-hybridized carbons (Fsp3) is 0.346. The monoisotopic (exact) mass is 559 g/mol. The van der Waals surface area contributed by atoms with Crippen LogP contribution in [0.15, 0.2) is 47.5 Å². The van der Waals surface area contributed by atoms with Crippen molar-refractivity contribution in [2.45, 2.75) is 36.8 Å². The van der Waals surface area contributed by atoms with Gasteiger partial charge in [-0.2, -0.15) is 4.98 Å². The van der Waals surface area contributed by atoms with Gasteiger partial charge in [-0.3, -0.25) is 4.79 Å². The highest BCUT2D eigenvalue weighted by Crippen LogP contribution is 2.36. The summed E-state index contributed by atoms with van der Waals surface area (Å²) in [5.74, 6) is 0.780. The van der Waals surface area contributed by atoms with Crippen LogP contribution in [0.5, 0.6) is 5.75 Å². The molecule has 4 rings (SSSR count). The third kappa shape index (κ3) is 5.69. The van der Waals surface area contributed by atoms with Crippen LogP contribution in [-0.2, 0) is 27.5 Å². The molecule has 38 heavy (non-hydrogen) atoms. The summed E-state index contributed by atoms with van der Waals surface area (Å²) >= 11 is 6.36. The van der Waals surface area contributed by atoms with E-state index in [1.165, 1.54) is 6.20 Å². The second kappa shape index (κ2) is 11.5. The van der Waals surface area contributed by atoms with Crippen LogP contribution in [0.3, 0.4) is 0 Å². The van der Waals surface area contributed by atoms with Gasteiger partial charge in [-0.1, -0.05) is 29.8 Å². The van der Waals surface area contributed by atoms with E-state index in [-0.39, 0.29) is 27.6 Å². The van der Waals surface area contributed by atoms with E-state index in [2.05, 4.69) is 20.6 Å². The molecule has 0 atom stereocenters. The van der Waals surface area contributed by atoms with E-state index in [4.69, 9.17) is 16.3 Å². The number of carbonyl (C=O) groups excluding carboxylic acids is 1. The van der Waals surface area contributed by atoms with Crippen LogP contribution in [0.1, 0.15) is 25.0 Å². The SMILES string of the molecule is COc1c(Nc2ncc(Cl)c(Nc3ccccc3S(=O)(=O)C(C)C)n2)ccc2c1CCN(C(=O)CO)CC2. The predicted molar refractivity (Wildman–Crippen MR) is 146 cm³/mol. The first kappa shape index (κ1) is 27.6. The quantitative estimate of drug-likeness (QED) is 0.377. The Morgan fingerprint density at radius 1 is 1.13 bits per heavy atom. The highest BCUT2D eigenvalue weighted by atomic mass is 35.5. The summed E-state index contributed by atoms with van der Waals surface area (Å²) in [6.45, 7) is 3.73. The standard InChI is InChI=1S/C26H30ClN5O5S/c1-16(2)38(35,36)22-7-5-4-6-20(22)29-25-19(27)14-28-26(31-25)30-21-9-8-17-10-12-32(23(34)15-33)13-11-18(17)24(21)37-3/h4-9,14,16,33H,10-13,15H2,1-3H3,(H2,28,29,30,31). The normalized spacial score (nSPS) is 13.6. The zero-order valence-electron chi connectivity index (χ0n) is 21.4. The van der Waals surface area contributed by atoms with Crippen molar-refractivity contribution in [2.75, 3.05) is 37.4 Å². The van der Waals surface area contributed by atoms with Crippen molar-refractivity contribution in [3.8, 4) is 5.75 Å². The lowest BCUT2D eigenvalue weighted by atomic mass is 10.0. The predicted octanol–water partition coefficient (Wildman–Crippen LogP) is 3.73. The Morgan fingerprint density at radius 2 is 1.87 bits per heavy atom. The Morgan fingerprint density at radius 3 is 2.58 bits per heavy atom. The van der Waals surface area contributed by atoms with Crippen molar-refractivity contribution >= 4 is 50.5 Å². The molecule has 10 nitrogen and oxygen atoms in total. The first-order valence-corrected chi connectivity index (χ1v) is 14.0. The lowest BCUT2D eigenvalue weighted by Gasteiger charge is -2.19. The molecule has 0 aliphatic carbocycles. The van der Waals surface area contributed by atoms with Gasteiger partial charge in [-0.25, -0.2) is 13.4 Å². The molecular weight excluding hydrogens is 530 g/mol. The number of sulfone groups is 1. The molecule has 0 fully saturated rings. The largest absolute Gasteiger partial charge is 0.494 e. The molecule has 202 valence electrons. The summed E-state index contributed by atoms with van der Waals surface area (Å²) < 4.78 is 31.5. The van der Waals surface area contributed by atoms with Gasteiger partial charge < -0.3 is 25.4 Å². The van der Waals surface area contributed by atoms with E-state index in [1.807, 2.05) is 12.1 Å². The summed E-state index contributed by atoms with van der Waals surface area (Å²) in [5, 5.41) is 15.1. The third-order valence-corrected chi connectivity index (χ3v) is 8.88. The first-order valence-electron chi connectivity index (χ1n) is 12.1. The molecule has 3 aromatic rings. The maximum absolute atomic E-state index is 12.9. The molecule has 2 aromatic carbocycles. The number of aromatic nitrogens is 2. The number of para-hydroxylation sites is 1. The van der Waals surface area contributed by atoms with Crippen LogP contribution < -0.4 is 15.4 Å². The Kier molecular flexibility index (Phi) is 8.39. The van der Waals surface area contributed by atoms with E-state index in [0.717, 1.165) is 11.1 Å². The van der Waals surface area contributed by atoms with Gasteiger partial charge in [0.2, 0.25) is 11.9 Å². The lowest BCUT2D eigenvalue weighted by Crippen LogP contribution is -2.35. The zero-order valence-corrected chi connectivity index (χ0v) is 22.9. The van der Waals surface area contributed by atoms with Crippen molar-refractivity contribution < 1.29 is 23.1 Å². The van der Waals surface area contributed by atoms with Gasteiger partial charge in [0, 0.05) is 18.7 Å². The minimum absolute atomic E-state index is 0.153. The van der Waals surface area contributed by atoms with E-state index in [0.29, 0.717) is 43.1 Å². The van der Waals surface area contributed by atoms with Gasteiger partial charge in [0.15, 0.2) is 15.7 Å². The average Bonchev–Trinajstić information content (AvgIpc) is 3.13. The van der Waals surface area contributed by atoms with Crippen LogP contribution in [0.25, 0.3) is 0 Å². The number of amides is 1. The minimum atomic E-state index is -3.55. The van der Waals surface area contributed by atoms with Gasteiger partial charge >= 0.3 is 0 Å². The van der Waals surface area contributed by atoms with Crippen LogP contribution in [0, 0.1) is 0 Å². The van der Waals surface area contributed by atoms with Gasteiger partial charge in [0.25, 0.3) is 0 Å². The Hall–Kier alpha value is -3.41. The number of halogens is 1. The second-order valence-electron chi connectivity index (χ2n) is 9.05. The first-order chi connectivity index (χ1) is 18.1. The topological polar surface area (TPSA) is 134 Å². The molecule has 1 aromatic heterocycles. The van der Waals surface area contributed by atoms with Crippen molar-refractivity contribution in [1.29, 1.82) is 0 Å². The van der Waals surface area contributed by atoms with Crippen LogP contribution >= 0.6 is 11.6 Å². The Labute approximate surface area is 226 Å². The Bertz CT molecular complexity index is 1450. The molecular formula is C26H30ClN5O5S. The number of aliphatic hydroxyl groups is 1. The number of anilines is 4. The van der Waals surface area contributed by atoms with Crippen molar-refractivity contribution in [2.24, 2.45) is 0 Å². The summed E-state index contributed by atoms with van der Waals surface area (Å²) in [6, 6.07) is 10.4. The van der Waals surface area contributed by atoms with E-state index >= 15 is 0 Å². The maximum Gasteiger partial charge on any atom is 0.248 e. The fourth-order valence-corrected chi connectivity index (χ4v) is 5.65. The van der Waals surface area contributed by atoms with E-state index in [9.17, 15) is 18.3 Å². The number of nitrogens with one attached hydrogen (secondary N) is 2. The average molecular weight is 560 g/mol. The van der Waals surface area contributed by atoms with Crippen LogP contribution in [0.4, 0.5) is 23.1 Å². The van der Waals surface area contributed by atoms with Crippen molar-refractivity contribution in [3.63, 3.8) is 0 Å². The number of fused-ring (bicyclic) bond motifs is 1. The summed E-state index contributed by atoms with van der Waals surface area (Å²) in [6.07, 6.45) is 2.63. The molecule has 12 heteroatoms. The molecule has 1 amide bonds. The molecule has 2 heterocycles. The van der Waals surface area contributed by atoms with Crippen molar-refractivity contribution in [1.82, 2.24) is 14.9 Å². The van der Waals surface area contributed by atoms with Crippen LogP contribution in [-0.4, -0.2) is 66.4 Å². The molecule has 0 unspecified atom stereocenters. The molecule has 0 radical (unpaired) electrons. The number of hydrogen-bond donors (Lipinski definition) is 3. The maximum atomic E-state index is 12.9. The number of ether oxygens (including phenoxy) is 1. The smallest absolute Gasteiger partial charge is 0.248 e. The molecule has 1 aliphatic rings. The van der Waals surface area contributed by atoms with Gasteiger partial charge in [0.05, 0.1) is 34.8 Å². The van der Waals surface area contributed by atoms with E-state index < -0.39 is 21.7 Å². The highest BCUT2D eigenvalue weighted by Gasteiger charge is 2.24. The summed E-state index contributed by atoms with van der Waals surface area (Å²) in [4.78, 5) is 22.6. The van der Waals surface area contributed by atoms with Crippen molar-refractivity contribution in [3.05, 3.63) is 58.7 Å². The van der Waals surface area contributed by atoms with E-state index in [1.54, 1.807) is 50.1 Å². The lowest BCUT2D eigenvalue weighted by molar-refractivity contribution is -0.134. The van der Waals surface area contributed by atoms with Crippen LogP contribution in [0.2, 0.25) is 5.02 Å². The highest BCUT2D eigenvalue weighted by molar-refractivity contribution is 7.92. The minimum Gasteiger partial charge on any atom is -0.494 e. The number of nitrogens with zero attached hydrogens (tertiary/aromatic N) is 3. The molecule has 0 saturated heterocycles.